The van der Waals surface area contributed by atoms with Gasteiger partial charge in [0.2, 0.25) is 5.91 Å². The predicted octanol–water partition coefficient (Wildman–Crippen LogP) is 0.215. The summed E-state index contributed by atoms with van der Waals surface area (Å²) in [5, 5.41) is 5.02. The quantitative estimate of drug-likeness (QED) is 0.678. The number of hydrogen-bond donors (Lipinski definition) is 2. The van der Waals surface area contributed by atoms with E-state index in [1.165, 1.54) is 0 Å². The van der Waals surface area contributed by atoms with Crippen molar-refractivity contribution in [3.05, 3.63) is 0 Å². The Morgan fingerprint density at radius 2 is 2.18 bits per heavy atom. The molecule has 1 aliphatic heterocycles. The molecule has 96 valence electrons. The summed E-state index contributed by atoms with van der Waals surface area (Å²) in [5.41, 5.74) is -0.633. The van der Waals surface area contributed by atoms with Crippen LogP contribution in [0.5, 0.6) is 0 Å². The highest BCUT2D eigenvalue weighted by Gasteiger charge is 2.34. The Morgan fingerprint density at radius 1 is 1.53 bits per heavy atom. The fraction of sp³-hybridized carbons (Fsp3) is 0.727. The first-order valence-electron chi connectivity index (χ1n) is 5.56. The average Bonchev–Trinajstić information content (AvgIpc) is 2.18. The zero-order valence-corrected chi connectivity index (χ0v) is 10.3. The molecule has 6 nitrogen and oxygen atoms in total. The lowest BCUT2D eigenvalue weighted by Gasteiger charge is -2.29. The van der Waals surface area contributed by atoms with Crippen molar-refractivity contribution in [1.82, 2.24) is 10.6 Å². The van der Waals surface area contributed by atoms with Gasteiger partial charge in [0, 0.05) is 12.5 Å². The summed E-state index contributed by atoms with van der Waals surface area (Å²) in [6, 6.07) is -0.837. The maximum Gasteiger partial charge on any atom is 0.408 e. The van der Waals surface area contributed by atoms with Crippen LogP contribution in [0.4, 0.5) is 4.79 Å². The first kappa shape index (κ1) is 13.5. The molecule has 1 heterocycles. The number of aldehydes is 1. The summed E-state index contributed by atoms with van der Waals surface area (Å²) in [5.74, 6) is -0.838. The number of carbonyl (C=O) groups is 3. The van der Waals surface area contributed by atoms with Gasteiger partial charge in [0.25, 0.3) is 0 Å². The molecule has 0 bridgehead atoms. The van der Waals surface area contributed by atoms with Crippen molar-refractivity contribution in [3.63, 3.8) is 0 Å². The van der Waals surface area contributed by atoms with Gasteiger partial charge in [-0.3, -0.25) is 4.79 Å². The topological polar surface area (TPSA) is 84.5 Å². The van der Waals surface area contributed by atoms with Crippen LogP contribution in [0.15, 0.2) is 0 Å². The monoisotopic (exact) mass is 242 g/mol. The van der Waals surface area contributed by atoms with Crippen molar-refractivity contribution in [2.24, 2.45) is 5.92 Å². The summed E-state index contributed by atoms with van der Waals surface area (Å²) in [4.78, 5) is 33.8. The van der Waals surface area contributed by atoms with Crippen LogP contribution in [0.1, 0.15) is 27.2 Å². The smallest absolute Gasteiger partial charge is 0.408 e. The van der Waals surface area contributed by atoms with E-state index in [2.05, 4.69) is 10.6 Å². The van der Waals surface area contributed by atoms with Crippen molar-refractivity contribution in [1.29, 1.82) is 0 Å². The van der Waals surface area contributed by atoms with Crippen LogP contribution < -0.4 is 10.6 Å². The largest absolute Gasteiger partial charge is 0.444 e. The molecule has 2 amide bonds. The van der Waals surface area contributed by atoms with Crippen molar-refractivity contribution >= 4 is 18.3 Å². The van der Waals surface area contributed by atoms with Crippen LogP contribution in [-0.2, 0) is 14.3 Å². The molecule has 6 heteroatoms. The van der Waals surface area contributed by atoms with E-state index < -0.39 is 23.7 Å². The Kier molecular flexibility index (Phi) is 4.09. The molecule has 0 aromatic heterocycles. The molecule has 1 rings (SSSR count). The van der Waals surface area contributed by atoms with Crippen molar-refractivity contribution in [2.75, 3.05) is 6.54 Å². The third-order valence-electron chi connectivity index (χ3n) is 2.33. The molecule has 2 atom stereocenters. The van der Waals surface area contributed by atoms with Gasteiger partial charge in [-0.05, 0) is 27.2 Å². The SMILES string of the molecule is CC(C)(C)OC(=O)N[C@@H]1C(=O)NCC[C@H]1C=O. The van der Waals surface area contributed by atoms with Gasteiger partial charge >= 0.3 is 6.09 Å². The number of nitrogens with one attached hydrogen (secondary N) is 2. The second-order valence-corrected chi connectivity index (χ2v) is 5.00. The lowest BCUT2D eigenvalue weighted by atomic mass is 9.94. The van der Waals surface area contributed by atoms with Crippen LogP contribution in [0.3, 0.4) is 0 Å². The number of piperidine rings is 1. The minimum Gasteiger partial charge on any atom is -0.444 e. The van der Waals surface area contributed by atoms with Gasteiger partial charge in [-0.1, -0.05) is 0 Å². The maximum atomic E-state index is 11.5. The first-order chi connectivity index (χ1) is 7.83. The summed E-state index contributed by atoms with van der Waals surface area (Å²) < 4.78 is 5.04. The van der Waals surface area contributed by atoms with E-state index in [-0.39, 0.29) is 5.91 Å². The van der Waals surface area contributed by atoms with Gasteiger partial charge in [0.1, 0.15) is 17.9 Å². The molecule has 0 aromatic carbocycles. The molecule has 0 aliphatic carbocycles. The molecule has 0 aromatic rings. The summed E-state index contributed by atoms with van der Waals surface area (Å²) in [6.07, 6.45) is 0.530. The fourth-order valence-corrected chi connectivity index (χ4v) is 1.59. The van der Waals surface area contributed by atoms with Crippen molar-refractivity contribution in [2.45, 2.75) is 38.8 Å². The van der Waals surface area contributed by atoms with Crippen molar-refractivity contribution < 1.29 is 19.1 Å². The van der Waals surface area contributed by atoms with E-state index in [0.29, 0.717) is 19.3 Å². The lowest BCUT2D eigenvalue weighted by Crippen LogP contribution is -2.56. The number of carbonyl (C=O) groups excluding carboxylic acids is 3. The molecule has 0 spiro atoms. The van der Waals surface area contributed by atoms with Gasteiger partial charge < -0.3 is 20.2 Å². The summed E-state index contributed by atoms with van der Waals surface area (Å²) in [6.45, 7) is 5.63. The van der Waals surface area contributed by atoms with Crippen LogP contribution in [-0.4, -0.2) is 36.5 Å². The number of alkyl carbamates (subject to hydrolysis) is 1. The number of rotatable bonds is 2. The second-order valence-electron chi connectivity index (χ2n) is 5.00. The van der Waals surface area contributed by atoms with Gasteiger partial charge in [0.15, 0.2) is 0 Å². The highest BCUT2D eigenvalue weighted by Crippen LogP contribution is 2.12. The number of ether oxygens (including phenoxy) is 1. The Hall–Kier alpha value is -1.59. The third kappa shape index (κ3) is 4.05. The standard InChI is InChI=1S/C11H18N2O4/c1-11(2,3)17-10(16)13-8-7(6-14)4-5-12-9(8)15/h6-8H,4-5H2,1-3H3,(H,12,15)(H,13,16)/t7-,8-/m0/s1. The molecule has 0 saturated carbocycles. The number of hydrogen-bond acceptors (Lipinski definition) is 4. The van der Waals surface area contributed by atoms with Crippen molar-refractivity contribution in [3.8, 4) is 0 Å². The molecule has 0 unspecified atom stereocenters. The van der Waals surface area contributed by atoms with E-state index >= 15 is 0 Å². The summed E-state index contributed by atoms with van der Waals surface area (Å²) in [7, 11) is 0. The highest BCUT2D eigenvalue weighted by molar-refractivity contribution is 5.89. The Bertz CT molecular complexity index is 322. The molecular formula is C11H18N2O4. The Morgan fingerprint density at radius 3 is 2.71 bits per heavy atom. The normalized spacial score (nSPS) is 24.8. The van der Waals surface area contributed by atoms with E-state index in [1.54, 1.807) is 20.8 Å². The Labute approximate surface area is 100 Å². The Balaban J connectivity index is 2.61. The molecule has 1 saturated heterocycles. The van der Waals surface area contributed by atoms with E-state index in [4.69, 9.17) is 4.74 Å². The molecule has 17 heavy (non-hydrogen) atoms. The van der Waals surface area contributed by atoms with Gasteiger partial charge in [-0.25, -0.2) is 4.79 Å². The minimum atomic E-state index is -0.837. The van der Waals surface area contributed by atoms with E-state index in [9.17, 15) is 14.4 Å². The molecule has 2 N–H and O–H groups in total. The van der Waals surface area contributed by atoms with Crippen LogP contribution in [0.2, 0.25) is 0 Å². The zero-order chi connectivity index (χ0) is 13.1. The minimum absolute atomic E-state index is 0.348. The van der Waals surface area contributed by atoms with Crippen LogP contribution in [0.25, 0.3) is 0 Å². The fourth-order valence-electron chi connectivity index (χ4n) is 1.59. The first-order valence-corrected chi connectivity index (χ1v) is 5.56. The van der Waals surface area contributed by atoms with Gasteiger partial charge in [-0.2, -0.15) is 0 Å². The predicted molar refractivity (Wildman–Crippen MR) is 60.3 cm³/mol. The maximum absolute atomic E-state index is 11.5. The van der Waals surface area contributed by atoms with Crippen LogP contribution in [0, 0.1) is 5.92 Å². The highest BCUT2D eigenvalue weighted by atomic mass is 16.6. The molecule has 0 radical (unpaired) electrons. The number of amides is 2. The lowest BCUT2D eigenvalue weighted by molar-refractivity contribution is -0.129. The van der Waals surface area contributed by atoms with Gasteiger partial charge in [0.05, 0.1) is 0 Å². The molecule has 1 aliphatic rings. The second kappa shape index (κ2) is 5.16. The molecule has 1 fully saturated rings. The van der Waals surface area contributed by atoms with Gasteiger partial charge in [-0.15, -0.1) is 0 Å². The average molecular weight is 242 g/mol. The van der Waals surface area contributed by atoms with E-state index in [0.717, 1.165) is 0 Å². The molecular weight excluding hydrogens is 224 g/mol. The zero-order valence-electron chi connectivity index (χ0n) is 10.3. The van der Waals surface area contributed by atoms with E-state index in [1.807, 2.05) is 0 Å². The summed E-state index contributed by atoms with van der Waals surface area (Å²) >= 11 is 0. The third-order valence-corrected chi connectivity index (χ3v) is 2.33. The van der Waals surface area contributed by atoms with Crippen LogP contribution >= 0.6 is 0 Å².